The third kappa shape index (κ3) is 1.57. The number of hydrogen-bond donors (Lipinski definition) is 2. The molecule has 0 saturated carbocycles. The molecule has 1 aromatic heterocycles. The van der Waals surface area contributed by atoms with Crippen molar-refractivity contribution in [1.82, 2.24) is 4.98 Å². The van der Waals surface area contributed by atoms with Crippen LogP contribution in [-0.2, 0) is 0 Å². The molecule has 0 aliphatic heterocycles. The Morgan fingerprint density at radius 1 is 1.21 bits per heavy atom. The standard InChI is InChI=1S/C10H8ClNO2/c11-6-1-2-7-8(10(13)14)3-4-12-9(7)5-6/h1-5,10,13-14H. The first kappa shape index (κ1) is 9.40. The molecule has 4 heteroatoms. The van der Waals surface area contributed by atoms with Crippen molar-refractivity contribution in [3.05, 3.63) is 41.0 Å². The van der Waals surface area contributed by atoms with Crippen molar-refractivity contribution >= 4 is 22.5 Å². The Hall–Kier alpha value is -1.16. The molecule has 0 unspecified atom stereocenters. The molecule has 0 aliphatic rings. The summed E-state index contributed by atoms with van der Waals surface area (Å²) < 4.78 is 0. The molecule has 2 aromatic rings. The maximum absolute atomic E-state index is 9.09. The average Bonchev–Trinajstić information content (AvgIpc) is 2.16. The number of pyridine rings is 1. The molecule has 0 aliphatic carbocycles. The molecule has 14 heavy (non-hydrogen) atoms. The van der Waals surface area contributed by atoms with Crippen molar-refractivity contribution in [2.75, 3.05) is 0 Å². The maximum Gasteiger partial charge on any atom is 0.179 e. The minimum atomic E-state index is -1.48. The van der Waals surface area contributed by atoms with E-state index in [0.29, 0.717) is 21.5 Å². The van der Waals surface area contributed by atoms with Gasteiger partial charge in [-0.05, 0) is 18.2 Å². The van der Waals surface area contributed by atoms with Crippen LogP contribution in [0, 0.1) is 0 Å². The van der Waals surface area contributed by atoms with Crippen molar-refractivity contribution in [3.63, 3.8) is 0 Å². The molecule has 0 saturated heterocycles. The van der Waals surface area contributed by atoms with Crippen LogP contribution in [-0.4, -0.2) is 15.2 Å². The van der Waals surface area contributed by atoms with Crippen LogP contribution in [0.2, 0.25) is 5.02 Å². The number of benzene rings is 1. The SMILES string of the molecule is OC(O)c1ccnc2cc(Cl)ccc12. The Kier molecular flexibility index (Phi) is 2.37. The van der Waals surface area contributed by atoms with Gasteiger partial charge in [0.1, 0.15) is 0 Å². The summed E-state index contributed by atoms with van der Waals surface area (Å²) in [5.74, 6) is 0. The van der Waals surface area contributed by atoms with Crippen molar-refractivity contribution in [3.8, 4) is 0 Å². The van der Waals surface area contributed by atoms with Gasteiger partial charge in [-0.1, -0.05) is 17.7 Å². The molecule has 1 aromatic carbocycles. The van der Waals surface area contributed by atoms with E-state index in [9.17, 15) is 0 Å². The molecule has 0 fully saturated rings. The number of rotatable bonds is 1. The molecule has 0 radical (unpaired) electrons. The van der Waals surface area contributed by atoms with Gasteiger partial charge in [-0.2, -0.15) is 0 Å². The van der Waals surface area contributed by atoms with E-state index in [1.807, 2.05) is 0 Å². The lowest BCUT2D eigenvalue weighted by atomic mass is 10.1. The van der Waals surface area contributed by atoms with Crippen LogP contribution >= 0.6 is 11.6 Å². The second-order valence-electron chi connectivity index (χ2n) is 2.94. The fourth-order valence-corrected chi connectivity index (χ4v) is 1.53. The van der Waals surface area contributed by atoms with E-state index in [4.69, 9.17) is 21.8 Å². The number of aromatic nitrogens is 1. The Bertz CT molecular complexity index is 471. The van der Waals surface area contributed by atoms with Crippen molar-refractivity contribution < 1.29 is 10.2 Å². The summed E-state index contributed by atoms with van der Waals surface area (Å²) in [6, 6.07) is 6.67. The van der Waals surface area contributed by atoms with E-state index < -0.39 is 6.29 Å². The van der Waals surface area contributed by atoms with E-state index in [-0.39, 0.29) is 0 Å². The fraction of sp³-hybridized carbons (Fsp3) is 0.100. The van der Waals surface area contributed by atoms with Crippen LogP contribution in [0.1, 0.15) is 11.9 Å². The highest BCUT2D eigenvalue weighted by Gasteiger charge is 2.07. The van der Waals surface area contributed by atoms with Crippen LogP contribution in [0.4, 0.5) is 0 Å². The molecule has 2 N–H and O–H groups in total. The van der Waals surface area contributed by atoms with Crippen molar-refractivity contribution in [2.24, 2.45) is 0 Å². The molecule has 72 valence electrons. The molecule has 3 nitrogen and oxygen atoms in total. The van der Waals surface area contributed by atoms with Gasteiger partial charge in [-0.25, -0.2) is 0 Å². The Balaban J connectivity index is 2.75. The Morgan fingerprint density at radius 3 is 2.71 bits per heavy atom. The molecule has 0 spiro atoms. The normalized spacial score (nSPS) is 11.1. The molecule has 0 bridgehead atoms. The zero-order valence-corrected chi connectivity index (χ0v) is 7.94. The quantitative estimate of drug-likeness (QED) is 0.705. The summed E-state index contributed by atoms with van der Waals surface area (Å²) in [6.45, 7) is 0. The van der Waals surface area contributed by atoms with Gasteiger partial charge in [-0.3, -0.25) is 4.98 Å². The summed E-state index contributed by atoms with van der Waals surface area (Å²) in [7, 11) is 0. The number of aliphatic hydroxyl groups excluding tert-OH is 1. The van der Waals surface area contributed by atoms with E-state index in [0.717, 1.165) is 0 Å². The van der Waals surface area contributed by atoms with Crippen LogP contribution in [0.5, 0.6) is 0 Å². The van der Waals surface area contributed by atoms with Gasteiger partial charge in [0.05, 0.1) is 5.52 Å². The summed E-state index contributed by atoms with van der Waals surface area (Å²) in [4.78, 5) is 4.08. The number of fused-ring (bicyclic) bond motifs is 1. The first-order valence-corrected chi connectivity index (χ1v) is 4.46. The van der Waals surface area contributed by atoms with Gasteiger partial charge in [-0.15, -0.1) is 0 Å². The van der Waals surface area contributed by atoms with Gasteiger partial charge >= 0.3 is 0 Å². The zero-order valence-electron chi connectivity index (χ0n) is 7.18. The highest BCUT2D eigenvalue weighted by Crippen LogP contribution is 2.23. The van der Waals surface area contributed by atoms with Gasteiger partial charge in [0.2, 0.25) is 0 Å². The van der Waals surface area contributed by atoms with E-state index in [2.05, 4.69) is 4.98 Å². The lowest BCUT2D eigenvalue weighted by molar-refractivity contribution is -0.0413. The van der Waals surface area contributed by atoms with Crippen molar-refractivity contribution in [2.45, 2.75) is 6.29 Å². The smallest absolute Gasteiger partial charge is 0.179 e. The molecular formula is C10H8ClNO2. The van der Waals surface area contributed by atoms with Crippen LogP contribution in [0.3, 0.4) is 0 Å². The molecule has 1 heterocycles. The van der Waals surface area contributed by atoms with E-state index in [1.165, 1.54) is 6.20 Å². The monoisotopic (exact) mass is 209 g/mol. The predicted octanol–water partition coefficient (Wildman–Crippen LogP) is 1.87. The second-order valence-corrected chi connectivity index (χ2v) is 3.37. The summed E-state index contributed by atoms with van der Waals surface area (Å²) in [5.41, 5.74) is 1.09. The largest absolute Gasteiger partial charge is 0.364 e. The number of aliphatic hydroxyl groups is 2. The van der Waals surface area contributed by atoms with E-state index in [1.54, 1.807) is 24.3 Å². The number of nitrogens with zero attached hydrogens (tertiary/aromatic N) is 1. The zero-order chi connectivity index (χ0) is 10.1. The predicted molar refractivity (Wildman–Crippen MR) is 53.9 cm³/mol. The second kappa shape index (κ2) is 3.53. The maximum atomic E-state index is 9.09. The topological polar surface area (TPSA) is 53.4 Å². The minimum absolute atomic E-state index is 0.437. The molecular weight excluding hydrogens is 202 g/mol. The summed E-state index contributed by atoms with van der Waals surface area (Å²) in [5, 5.41) is 19.5. The van der Waals surface area contributed by atoms with Crippen molar-refractivity contribution in [1.29, 1.82) is 0 Å². The molecule has 0 atom stereocenters. The van der Waals surface area contributed by atoms with Gasteiger partial charge in [0.25, 0.3) is 0 Å². The van der Waals surface area contributed by atoms with Gasteiger partial charge in [0, 0.05) is 22.2 Å². The highest BCUT2D eigenvalue weighted by molar-refractivity contribution is 6.31. The third-order valence-corrected chi connectivity index (χ3v) is 2.25. The Morgan fingerprint density at radius 2 is 2.00 bits per heavy atom. The van der Waals surface area contributed by atoms with Crippen LogP contribution in [0.15, 0.2) is 30.5 Å². The van der Waals surface area contributed by atoms with Crippen LogP contribution < -0.4 is 0 Å². The molecule has 0 amide bonds. The lowest BCUT2D eigenvalue weighted by Crippen LogP contribution is -1.96. The summed E-state index contributed by atoms with van der Waals surface area (Å²) >= 11 is 5.79. The van der Waals surface area contributed by atoms with E-state index >= 15 is 0 Å². The first-order valence-electron chi connectivity index (χ1n) is 4.09. The third-order valence-electron chi connectivity index (χ3n) is 2.02. The average molecular weight is 210 g/mol. The van der Waals surface area contributed by atoms with Gasteiger partial charge < -0.3 is 10.2 Å². The summed E-state index contributed by atoms with van der Waals surface area (Å²) in [6.07, 6.45) is 0.0367. The number of halogens is 1. The molecule has 2 rings (SSSR count). The van der Waals surface area contributed by atoms with Gasteiger partial charge in [0.15, 0.2) is 6.29 Å². The fourth-order valence-electron chi connectivity index (χ4n) is 1.37. The number of hydrogen-bond acceptors (Lipinski definition) is 3. The minimum Gasteiger partial charge on any atom is -0.364 e. The first-order chi connectivity index (χ1) is 6.68. The lowest BCUT2D eigenvalue weighted by Gasteiger charge is -2.07. The van der Waals surface area contributed by atoms with Crippen LogP contribution in [0.25, 0.3) is 10.9 Å². The Labute approximate surface area is 85.6 Å². The highest BCUT2D eigenvalue weighted by atomic mass is 35.5.